The maximum absolute atomic E-state index is 11.3. The standard InChI is InChI=1S/C14H12BrNO2/c15-14(12-2-1-7-18-12)10-3-5-11-9(8-10)4-6-13(17)16-11/h1-3,5,7-8,14H,4,6H2,(H,16,17). The van der Waals surface area contributed by atoms with Crippen LogP contribution in [0, 0.1) is 0 Å². The molecule has 1 aliphatic heterocycles. The number of hydrogen-bond donors (Lipinski definition) is 1. The van der Waals surface area contributed by atoms with E-state index < -0.39 is 0 Å². The molecule has 4 heteroatoms. The van der Waals surface area contributed by atoms with Crippen molar-refractivity contribution < 1.29 is 9.21 Å². The van der Waals surface area contributed by atoms with E-state index in [-0.39, 0.29) is 10.7 Å². The molecule has 1 aromatic heterocycles. The summed E-state index contributed by atoms with van der Waals surface area (Å²) in [6.45, 7) is 0. The molecule has 1 amide bonds. The number of carbonyl (C=O) groups excluding carboxylic acids is 1. The normalized spacial score (nSPS) is 15.9. The van der Waals surface area contributed by atoms with Crippen LogP contribution in [0.4, 0.5) is 5.69 Å². The van der Waals surface area contributed by atoms with Gasteiger partial charge in [0.25, 0.3) is 0 Å². The van der Waals surface area contributed by atoms with E-state index in [0.717, 1.165) is 23.4 Å². The van der Waals surface area contributed by atoms with Crippen LogP contribution in [0.3, 0.4) is 0 Å². The zero-order valence-electron chi connectivity index (χ0n) is 9.65. The van der Waals surface area contributed by atoms with Crippen LogP contribution >= 0.6 is 15.9 Å². The number of alkyl halides is 1. The summed E-state index contributed by atoms with van der Waals surface area (Å²) < 4.78 is 5.39. The van der Waals surface area contributed by atoms with Gasteiger partial charge in [-0.25, -0.2) is 0 Å². The van der Waals surface area contributed by atoms with Crippen LogP contribution in [0.25, 0.3) is 0 Å². The highest BCUT2D eigenvalue weighted by Gasteiger charge is 2.18. The monoisotopic (exact) mass is 305 g/mol. The van der Waals surface area contributed by atoms with Crippen molar-refractivity contribution in [1.82, 2.24) is 0 Å². The average molecular weight is 306 g/mol. The number of halogens is 1. The number of amides is 1. The van der Waals surface area contributed by atoms with E-state index in [0.29, 0.717) is 6.42 Å². The lowest BCUT2D eigenvalue weighted by molar-refractivity contribution is -0.116. The minimum absolute atomic E-state index is 0.0513. The Morgan fingerprint density at radius 2 is 2.17 bits per heavy atom. The fourth-order valence-electron chi connectivity index (χ4n) is 2.16. The molecule has 0 fully saturated rings. The minimum Gasteiger partial charge on any atom is -0.468 e. The first-order valence-electron chi connectivity index (χ1n) is 5.84. The lowest BCUT2D eigenvalue weighted by Crippen LogP contribution is -2.19. The molecule has 0 bridgehead atoms. The van der Waals surface area contributed by atoms with Gasteiger partial charge >= 0.3 is 0 Å². The summed E-state index contributed by atoms with van der Waals surface area (Å²) in [6.07, 6.45) is 3.03. The second-order valence-corrected chi connectivity index (χ2v) is 5.26. The molecule has 0 aliphatic carbocycles. The van der Waals surface area contributed by atoms with Crippen LogP contribution in [0.1, 0.15) is 28.1 Å². The van der Waals surface area contributed by atoms with E-state index in [1.165, 1.54) is 5.56 Å². The van der Waals surface area contributed by atoms with E-state index in [2.05, 4.69) is 27.3 Å². The first-order valence-corrected chi connectivity index (χ1v) is 6.76. The number of hydrogen-bond acceptors (Lipinski definition) is 2. The zero-order chi connectivity index (χ0) is 12.5. The molecule has 92 valence electrons. The Kier molecular flexibility index (Phi) is 2.96. The predicted octanol–water partition coefficient (Wildman–Crippen LogP) is 3.65. The van der Waals surface area contributed by atoms with Gasteiger partial charge in [0.05, 0.1) is 11.1 Å². The third kappa shape index (κ3) is 2.08. The summed E-state index contributed by atoms with van der Waals surface area (Å²) in [5.74, 6) is 0.978. The molecule has 0 saturated heterocycles. The van der Waals surface area contributed by atoms with Gasteiger partial charge in [-0.05, 0) is 35.7 Å². The summed E-state index contributed by atoms with van der Waals surface area (Å²) in [7, 11) is 0. The van der Waals surface area contributed by atoms with Gasteiger partial charge < -0.3 is 9.73 Å². The van der Waals surface area contributed by atoms with Gasteiger partial charge in [-0.3, -0.25) is 4.79 Å². The summed E-state index contributed by atoms with van der Waals surface area (Å²) in [5, 5.41) is 2.88. The van der Waals surface area contributed by atoms with Gasteiger partial charge in [-0.1, -0.05) is 28.1 Å². The molecule has 0 saturated carbocycles. The number of aryl methyl sites for hydroxylation is 1. The molecule has 1 aliphatic rings. The van der Waals surface area contributed by atoms with Crippen LogP contribution in [-0.2, 0) is 11.2 Å². The van der Waals surface area contributed by atoms with Crippen molar-refractivity contribution in [2.45, 2.75) is 17.7 Å². The van der Waals surface area contributed by atoms with Gasteiger partial charge in [0, 0.05) is 12.1 Å². The Hall–Kier alpha value is -1.55. The van der Waals surface area contributed by atoms with Crippen molar-refractivity contribution in [3.8, 4) is 0 Å². The topological polar surface area (TPSA) is 42.2 Å². The highest BCUT2D eigenvalue weighted by Crippen LogP contribution is 2.34. The van der Waals surface area contributed by atoms with E-state index >= 15 is 0 Å². The van der Waals surface area contributed by atoms with E-state index in [1.807, 2.05) is 24.3 Å². The summed E-state index contributed by atoms with van der Waals surface area (Å²) in [5.41, 5.74) is 3.25. The second kappa shape index (κ2) is 4.61. The molecule has 1 N–H and O–H groups in total. The molecule has 1 atom stereocenters. The van der Waals surface area contributed by atoms with Crippen molar-refractivity contribution in [3.05, 3.63) is 53.5 Å². The van der Waals surface area contributed by atoms with Crippen molar-refractivity contribution in [2.24, 2.45) is 0 Å². The van der Waals surface area contributed by atoms with Crippen LogP contribution in [-0.4, -0.2) is 5.91 Å². The summed E-state index contributed by atoms with van der Waals surface area (Å²) >= 11 is 3.63. The fraction of sp³-hybridized carbons (Fsp3) is 0.214. The SMILES string of the molecule is O=C1CCc2cc(C(Br)c3ccco3)ccc2N1. The third-order valence-corrected chi connectivity index (χ3v) is 4.09. The Bertz CT molecular complexity index is 577. The van der Waals surface area contributed by atoms with Crippen molar-refractivity contribution in [3.63, 3.8) is 0 Å². The maximum atomic E-state index is 11.3. The Balaban J connectivity index is 1.93. The lowest BCUT2D eigenvalue weighted by atomic mass is 9.99. The molecule has 2 aromatic rings. The molecular formula is C14H12BrNO2. The number of benzene rings is 1. The number of anilines is 1. The number of furan rings is 1. The minimum atomic E-state index is 0.0513. The third-order valence-electron chi connectivity index (χ3n) is 3.11. The van der Waals surface area contributed by atoms with Crippen LogP contribution in [0.15, 0.2) is 41.0 Å². The summed E-state index contributed by atoms with van der Waals surface area (Å²) in [4.78, 5) is 11.3. The molecule has 3 nitrogen and oxygen atoms in total. The van der Waals surface area contributed by atoms with Gasteiger partial charge in [0.1, 0.15) is 5.76 Å². The summed E-state index contributed by atoms with van der Waals surface area (Å²) in [6, 6.07) is 9.91. The van der Waals surface area contributed by atoms with Crippen molar-refractivity contribution in [1.29, 1.82) is 0 Å². The number of nitrogens with one attached hydrogen (secondary N) is 1. The van der Waals surface area contributed by atoms with Crippen LogP contribution in [0.2, 0.25) is 0 Å². The first-order chi connectivity index (χ1) is 8.74. The molecular weight excluding hydrogens is 294 g/mol. The fourth-order valence-corrected chi connectivity index (χ4v) is 2.71. The van der Waals surface area contributed by atoms with Crippen molar-refractivity contribution in [2.75, 3.05) is 5.32 Å². The molecule has 18 heavy (non-hydrogen) atoms. The largest absolute Gasteiger partial charge is 0.468 e. The highest BCUT2D eigenvalue weighted by molar-refractivity contribution is 9.09. The van der Waals surface area contributed by atoms with Crippen molar-refractivity contribution >= 4 is 27.5 Å². The molecule has 0 spiro atoms. The Morgan fingerprint density at radius 1 is 1.28 bits per heavy atom. The Labute approximate surface area is 113 Å². The average Bonchev–Trinajstić information content (AvgIpc) is 2.91. The lowest BCUT2D eigenvalue weighted by Gasteiger charge is -2.18. The predicted molar refractivity (Wildman–Crippen MR) is 72.9 cm³/mol. The smallest absolute Gasteiger partial charge is 0.224 e. The zero-order valence-corrected chi connectivity index (χ0v) is 11.2. The van der Waals surface area contributed by atoms with Gasteiger partial charge in [-0.2, -0.15) is 0 Å². The number of fused-ring (bicyclic) bond motifs is 1. The highest BCUT2D eigenvalue weighted by atomic mass is 79.9. The number of rotatable bonds is 2. The molecule has 2 heterocycles. The van der Waals surface area contributed by atoms with E-state index in [4.69, 9.17) is 4.42 Å². The van der Waals surface area contributed by atoms with Crippen LogP contribution < -0.4 is 5.32 Å². The molecule has 0 radical (unpaired) electrons. The number of carbonyl (C=O) groups is 1. The van der Waals surface area contributed by atoms with Gasteiger partial charge in [0.2, 0.25) is 5.91 Å². The Morgan fingerprint density at radius 3 is 2.94 bits per heavy atom. The van der Waals surface area contributed by atoms with Crippen LogP contribution in [0.5, 0.6) is 0 Å². The quantitative estimate of drug-likeness (QED) is 0.861. The van der Waals surface area contributed by atoms with Gasteiger partial charge in [0.15, 0.2) is 0 Å². The molecule has 1 unspecified atom stereocenters. The van der Waals surface area contributed by atoms with E-state index in [9.17, 15) is 4.79 Å². The van der Waals surface area contributed by atoms with E-state index in [1.54, 1.807) is 6.26 Å². The molecule has 1 aromatic carbocycles. The molecule has 3 rings (SSSR count). The maximum Gasteiger partial charge on any atom is 0.224 e. The second-order valence-electron chi connectivity index (χ2n) is 4.34. The van der Waals surface area contributed by atoms with Gasteiger partial charge in [-0.15, -0.1) is 0 Å². The first kappa shape index (κ1) is 11.5.